The van der Waals surface area contributed by atoms with Crippen LogP contribution < -0.4 is 11.1 Å². The van der Waals surface area contributed by atoms with Crippen molar-refractivity contribution in [3.05, 3.63) is 35.9 Å². The van der Waals surface area contributed by atoms with Crippen molar-refractivity contribution in [2.75, 3.05) is 0 Å². The minimum atomic E-state index is -1.45. The molecule has 0 saturated carbocycles. The summed E-state index contributed by atoms with van der Waals surface area (Å²) in [5.41, 5.74) is 6.75. The third-order valence-corrected chi connectivity index (χ3v) is 3.31. The molecule has 1 rings (SSSR count). The quantitative estimate of drug-likeness (QED) is 0.559. The molecule has 1 aromatic carbocycles. The van der Waals surface area contributed by atoms with E-state index in [4.69, 9.17) is 10.8 Å². The average Bonchev–Trinajstić information content (AvgIpc) is 2.46. The lowest BCUT2D eigenvalue weighted by Crippen LogP contribution is -2.52. The molecular weight excluding hydrogens is 284 g/mol. The molecule has 0 aliphatic heterocycles. The highest BCUT2D eigenvalue weighted by Gasteiger charge is 2.28. The van der Waals surface area contributed by atoms with E-state index in [2.05, 4.69) is 5.32 Å². The normalized spacial score (nSPS) is 15.1. The molecule has 1 amide bonds. The Morgan fingerprint density at radius 2 is 1.82 bits per heavy atom. The van der Waals surface area contributed by atoms with Crippen LogP contribution >= 0.6 is 0 Å². The molecule has 1 aromatic rings. The molecule has 0 aliphatic rings. The van der Waals surface area contributed by atoms with Gasteiger partial charge in [-0.05, 0) is 24.3 Å². The van der Waals surface area contributed by atoms with Gasteiger partial charge in [-0.15, -0.1) is 0 Å². The second kappa shape index (κ2) is 8.51. The fraction of sp³-hybridized carbons (Fsp3) is 0.500. The van der Waals surface area contributed by atoms with Gasteiger partial charge in [0.25, 0.3) is 5.91 Å². The van der Waals surface area contributed by atoms with Gasteiger partial charge in [0.05, 0.1) is 0 Å². The number of rotatable bonds is 8. The summed E-state index contributed by atoms with van der Waals surface area (Å²) in [6.07, 6.45) is -0.826. The minimum absolute atomic E-state index is 0.108. The van der Waals surface area contributed by atoms with Crippen molar-refractivity contribution < 1.29 is 19.8 Å². The van der Waals surface area contributed by atoms with Gasteiger partial charge in [0.15, 0.2) is 0 Å². The second-order valence-corrected chi connectivity index (χ2v) is 5.83. The Labute approximate surface area is 130 Å². The number of carboxylic acids is 1. The Balaban J connectivity index is 2.61. The Morgan fingerprint density at radius 3 is 2.32 bits per heavy atom. The number of carbonyl (C=O) groups excluding carboxylic acids is 1. The molecule has 0 radical (unpaired) electrons. The summed E-state index contributed by atoms with van der Waals surface area (Å²) < 4.78 is 0. The van der Waals surface area contributed by atoms with Crippen LogP contribution in [0.1, 0.15) is 25.8 Å². The maximum atomic E-state index is 12.0. The Morgan fingerprint density at radius 1 is 1.23 bits per heavy atom. The van der Waals surface area contributed by atoms with Crippen molar-refractivity contribution in [3.63, 3.8) is 0 Å². The molecule has 0 saturated heterocycles. The van der Waals surface area contributed by atoms with Crippen LogP contribution in [0, 0.1) is 5.92 Å². The molecule has 0 aromatic heterocycles. The predicted molar refractivity (Wildman–Crippen MR) is 83.1 cm³/mol. The summed E-state index contributed by atoms with van der Waals surface area (Å²) >= 11 is 0. The van der Waals surface area contributed by atoms with E-state index in [1.807, 2.05) is 44.2 Å². The zero-order valence-corrected chi connectivity index (χ0v) is 12.9. The summed E-state index contributed by atoms with van der Waals surface area (Å²) in [5, 5.41) is 21.4. The number of hydrogen-bond acceptors (Lipinski definition) is 4. The largest absolute Gasteiger partial charge is 0.480 e. The third-order valence-electron chi connectivity index (χ3n) is 3.31. The fourth-order valence-corrected chi connectivity index (χ4v) is 2.14. The lowest BCUT2D eigenvalue weighted by atomic mass is 10.00. The molecule has 0 spiro atoms. The van der Waals surface area contributed by atoms with Gasteiger partial charge in [-0.3, -0.25) is 4.79 Å². The van der Waals surface area contributed by atoms with Crippen LogP contribution in [0.2, 0.25) is 0 Å². The predicted octanol–water partition coefficient (Wildman–Crippen LogP) is 0.533. The number of carbonyl (C=O) groups is 2. The van der Waals surface area contributed by atoms with Crippen LogP contribution in [-0.4, -0.2) is 40.3 Å². The Hall–Kier alpha value is -1.92. The van der Waals surface area contributed by atoms with Gasteiger partial charge >= 0.3 is 5.97 Å². The number of aliphatic carboxylic acids is 1. The monoisotopic (exact) mass is 308 g/mol. The van der Waals surface area contributed by atoms with Crippen LogP contribution in [0.15, 0.2) is 30.3 Å². The maximum Gasteiger partial charge on any atom is 0.326 e. The number of carboxylic acid groups (broad SMARTS) is 1. The first-order valence-corrected chi connectivity index (χ1v) is 7.32. The Bertz CT molecular complexity index is 490. The number of nitrogens with one attached hydrogen (secondary N) is 1. The van der Waals surface area contributed by atoms with E-state index in [-0.39, 0.29) is 5.92 Å². The molecule has 122 valence electrons. The van der Waals surface area contributed by atoms with Crippen LogP contribution in [0.5, 0.6) is 0 Å². The van der Waals surface area contributed by atoms with E-state index in [0.717, 1.165) is 5.56 Å². The number of hydrogen-bond donors (Lipinski definition) is 4. The molecule has 3 atom stereocenters. The molecule has 0 bridgehead atoms. The molecule has 5 N–H and O–H groups in total. The summed E-state index contributed by atoms with van der Waals surface area (Å²) in [5.74, 6) is -1.76. The zero-order chi connectivity index (χ0) is 16.7. The first kappa shape index (κ1) is 18.1. The molecule has 6 heteroatoms. The molecule has 22 heavy (non-hydrogen) atoms. The summed E-state index contributed by atoms with van der Waals surface area (Å²) in [4.78, 5) is 23.1. The van der Waals surface area contributed by atoms with E-state index in [9.17, 15) is 14.7 Å². The molecule has 0 fully saturated rings. The van der Waals surface area contributed by atoms with Crippen LogP contribution in [0.4, 0.5) is 0 Å². The minimum Gasteiger partial charge on any atom is -0.480 e. The highest BCUT2D eigenvalue weighted by Crippen LogP contribution is 2.08. The lowest BCUT2D eigenvalue weighted by Gasteiger charge is -2.22. The average molecular weight is 308 g/mol. The topological polar surface area (TPSA) is 113 Å². The molecule has 0 heterocycles. The number of amides is 1. The van der Waals surface area contributed by atoms with Crippen LogP contribution in [0.3, 0.4) is 0 Å². The number of benzene rings is 1. The van der Waals surface area contributed by atoms with E-state index >= 15 is 0 Å². The third kappa shape index (κ3) is 5.83. The highest BCUT2D eigenvalue weighted by atomic mass is 16.4. The molecule has 6 nitrogen and oxygen atoms in total. The lowest BCUT2D eigenvalue weighted by molar-refractivity contribution is -0.144. The van der Waals surface area contributed by atoms with Crippen molar-refractivity contribution in [2.45, 2.75) is 44.9 Å². The van der Waals surface area contributed by atoms with E-state index in [1.165, 1.54) is 0 Å². The molecule has 0 aliphatic carbocycles. The summed E-state index contributed by atoms with van der Waals surface area (Å²) in [6, 6.07) is 7.44. The van der Waals surface area contributed by atoms with Gasteiger partial charge in [-0.25, -0.2) is 4.79 Å². The Kier molecular flexibility index (Phi) is 7.01. The van der Waals surface area contributed by atoms with Gasteiger partial charge in [-0.2, -0.15) is 0 Å². The summed E-state index contributed by atoms with van der Waals surface area (Å²) in [7, 11) is 0. The van der Waals surface area contributed by atoms with Crippen LogP contribution in [-0.2, 0) is 16.0 Å². The number of aliphatic hydroxyl groups excluding tert-OH is 1. The standard InChI is InChI=1S/C16H24N2O4/c1-10(2)8-13(16(21)22)18-15(20)14(19)12(17)9-11-6-4-3-5-7-11/h3-7,10,12-14,19H,8-9,17H2,1-2H3,(H,18,20)(H,21,22)/t12?,13-,14+/m0/s1. The van der Waals surface area contributed by atoms with Crippen molar-refractivity contribution >= 4 is 11.9 Å². The van der Waals surface area contributed by atoms with E-state index in [0.29, 0.717) is 12.8 Å². The molecular formula is C16H24N2O4. The zero-order valence-electron chi connectivity index (χ0n) is 12.9. The van der Waals surface area contributed by atoms with E-state index in [1.54, 1.807) is 0 Å². The van der Waals surface area contributed by atoms with Crippen molar-refractivity contribution in [1.29, 1.82) is 0 Å². The smallest absolute Gasteiger partial charge is 0.326 e. The first-order valence-electron chi connectivity index (χ1n) is 7.32. The first-order chi connectivity index (χ1) is 10.3. The van der Waals surface area contributed by atoms with E-state index < -0.39 is 30.1 Å². The number of nitrogens with two attached hydrogens (primary N) is 1. The SMILES string of the molecule is CC(C)C[C@H](NC(=O)[C@H](O)C(N)Cc1ccccc1)C(=O)O. The maximum absolute atomic E-state index is 12.0. The molecule has 1 unspecified atom stereocenters. The van der Waals surface area contributed by atoms with Crippen molar-refractivity contribution in [2.24, 2.45) is 11.7 Å². The highest BCUT2D eigenvalue weighted by molar-refractivity contribution is 5.86. The van der Waals surface area contributed by atoms with Gasteiger partial charge in [0, 0.05) is 6.04 Å². The van der Waals surface area contributed by atoms with Crippen molar-refractivity contribution in [3.8, 4) is 0 Å². The van der Waals surface area contributed by atoms with Gasteiger partial charge in [-0.1, -0.05) is 44.2 Å². The summed E-state index contributed by atoms with van der Waals surface area (Å²) in [6.45, 7) is 3.72. The van der Waals surface area contributed by atoms with Gasteiger partial charge < -0.3 is 21.3 Å². The van der Waals surface area contributed by atoms with Gasteiger partial charge in [0.2, 0.25) is 0 Å². The number of aliphatic hydroxyl groups is 1. The van der Waals surface area contributed by atoms with Crippen LogP contribution in [0.25, 0.3) is 0 Å². The van der Waals surface area contributed by atoms with Gasteiger partial charge in [0.1, 0.15) is 12.1 Å². The fourth-order valence-electron chi connectivity index (χ4n) is 2.14. The second-order valence-electron chi connectivity index (χ2n) is 5.83. The van der Waals surface area contributed by atoms with Crippen molar-refractivity contribution in [1.82, 2.24) is 5.32 Å².